The molecule has 0 saturated carbocycles. The predicted octanol–water partition coefficient (Wildman–Crippen LogP) is 3.20. The van der Waals surface area contributed by atoms with Crippen LogP contribution in [0, 0.1) is 12.3 Å². The Morgan fingerprint density at radius 1 is 1.20 bits per heavy atom. The molecule has 190 valence electrons. The first kappa shape index (κ1) is 26.8. The standard InChI is InChI=1S/C26H36N4O4S/c1-7-21(32)29-23(26(4,5)6)25(34)30-13-19(31)12-20(30)24(33)28-15(2)17-8-10-18(11-9-17)22-16(3)27-14-35-22/h8-11,14-15,19-20,23,31H,7,12-13H2,1-6H3,(H,28,33)(H,29,32)/t15-,19+,20-,23?/m0/s1. The second kappa shape index (κ2) is 10.9. The zero-order valence-corrected chi connectivity index (χ0v) is 22.1. The minimum atomic E-state index is -0.803. The Balaban J connectivity index is 1.73. The number of aromatic nitrogens is 1. The van der Waals surface area contributed by atoms with E-state index in [9.17, 15) is 19.5 Å². The molecule has 1 aromatic heterocycles. The molecular formula is C26H36N4O4S. The van der Waals surface area contributed by atoms with E-state index in [-0.39, 0.29) is 43.1 Å². The van der Waals surface area contributed by atoms with Crippen molar-refractivity contribution in [2.75, 3.05) is 6.54 Å². The van der Waals surface area contributed by atoms with Gasteiger partial charge < -0.3 is 20.6 Å². The Labute approximate surface area is 211 Å². The Morgan fingerprint density at radius 2 is 1.86 bits per heavy atom. The molecule has 3 N–H and O–H groups in total. The molecule has 8 nitrogen and oxygen atoms in total. The summed E-state index contributed by atoms with van der Waals surface area (Å²) in [4.78, 5) is 45.6. The Hall–Kier alpha value is -2.78. The molecule has 4 atom stereocenters. The molecule has 1 aliphatic rings. The van der Waals surface area contributed by atoms with Crippen molar-refractivity contribution in [3.63, 3.8) is 0 Å². The van der Waals surface area contributed by atoms with E-state index >= 15 is 0 Å². The van der Waals surface area contributed by atoms with Gasteiger partial charge in [0.25, 0.3) is 0 Å². The lowest BCUT2D eigenvalue weighted by molar-refractivity contribution is -0.144. The summed E-state index contributed by atoms with van der Waals surface area (Å²) in [5, 5.41) is 16.1. The molecule has 0 spiro atoms. The number of β-amino-alcohol motifs (C(OH)–C–C–N with tert-alkyl or cyclic N) is 1. The van der Waals surface area contributed by atoms with Gasteiger partial charge in [-0.15, -0.1) is 11.3 Å². The largest absolute Gasteiger partial charge is 0.391 e. The van der Waals surface area contributed by atoms with Gasteiger partial charge in [0.1, 0.15) is 12.1 Å². The zero-order valence-electron chi connectivity index (χ0n) is 21.3. The van der Waals surface area contributed by atoms with Gasteiger partial charge in [-0.25, -0.2) is 4.98 Å². The first-order valence-corrected chi connectivity index (χ1v) is 12.9. The van der Waals surface area contributed by atoms with Crippen LogP contribution in [0.25, 0.3) is 10.4 Å². The lowest BCUT2D eigenvalue weighted by atomic mass is 9.85. The number of aryl methyl sites for hydroxylation is 1. The minimum Gasteiger partial charge on any atom is -0.391 e. The summed E-state index contributed by atoms with van der Waals surface area (Å²) in [7, 11) is 0. The quantitative estimate of drug-likeness (QED) is 0.541. The molecule has 1 unspecified atom stereocenters. The summed E-state index contributed by atoms with van der Waals surface area (Å²) in [6, 6.07) is 6.09. The molecular weight excluding hydrogens is 464 g/mol. The third-order valence-corrected chi connectivity index (χ3v) is 7.36. The van der Waals surface area contributed by atoms with Gasteiger partial charge in [0.2, 0.25) is 17.7 Å². The zero-order chi connectivity index (χ0) is 25.9. The molecule has 0 bridgehead atoms. The second-order valence-electron chi connectivity index (χ2n) is 10.2. The number of benzene rings is 1. The number of likely N-dealkylation sites (tertiary alicyclic amines) is 1. The van der Waals surface area contributed by atoms with Gasteiger partial charge in [-0.05, 0) is 30.4 Å². The molecule has 1 aliphatic heterocycles. The lowest BCUT2D eigenvalue weighted by Gasteiger charge is -2.35. The smallest absolute Gasteiger partial charge is 0.246 e. The minimum absolute atomic E-state index is 0.0583. The summed E-state index contributed by atoms with van der Waals surface area (Å²) < 4.78 is 0. The number of aliphatic hydroxyl groups excluding tert-OH is 1. The molecule has 1 aromatic carbocycles. The SMILES string of the molecule is CCC(=O)NC(C(=O)N1C[C@H](O)C[C@H]1C(=O)N[C@@H](C)c1ccc(-c2scnc2C)cc1)C(C)(C)C. The highest BCUT2D eigenvalue weighted by atomic mass is 32.1. The normalized spacial score (nSPS) is 19.8. The number of hydrogen-bond acceptors (Lipinski definition) is 6. The van der Waals surface area contributed by atoms with E-state index in [1.165, 1.54) is 4.90 Å². The fraction of sp³-hybridized carbons (Fsp3) is 0.538. The van der Waals surface area contributed by atoms with E-state index in [4.69, 9.17) is 0 Å². The third kappa shape index (κ3) is 6.27. The predicted molar refractivity (Wildman–Crippen MR) is 137 cm³/mol. The van der Waals surface area contributed by atoms with Crippen LogP contribution in [0.4, 0.5) is 0 Å². The second-order valence-corrected chi connectivity index (χ2v) is 11.1. The maximum absolute atomic E-state index is 13.5. The summed E-state index contributed by atoms with van der Waals surface area (Å²) in [5.41, 5.74) is 4.26. The number of carbonyl (C=O) groups excluding carboxylic acids is 3. The van der Waals surface area contributed by atoms with E-state index in [0.717, 1.165) is 21.7 Å². The number of nitrogens with zero attached hydrogens (tertiary/aromatic N) is 2. The van der Waals surface area contributed by atoms with Crippen LogP contribution < -0.4 is 10.6 Å². The van der Waals surface area contributed by atoms with Crippen molar-refractivity contribution in [3.8, 4) is 10.4 Å². The van der Waals surface area contributed by atoms with Crippen molar-refractivity contribution in [2.45, 2.75) is 78.6 Å². The van der Waals surface area contributed by atoms with Gasteiger partial charge in [0.15, 0.2) is 0 Å². The molecule has 35 heavy (non-hydrogen) atoms. The van der Waals surface area contributed by atoms with Gasteiger partial charge in [0, 0.05) is 19.4 Å². The van der Waals surface area contributed by atoms with E-state index in [1.807, 2.05) is 64.4 Å². The van der Waals surface area contributed by atoms with Crippen LogP contribution in [-0.4, -0.2) is 57.4 Å². The van der Waals surface area contributed by atoms with Crippen molar-refractivity contribution in [2.24, 2.45) is 5.41 Å². The average Bonchev–Trinajstić information content (AvgIpc) is 3.41. The van der Waals surface area contributed by atoms with Crippen LogP contribution >= 0.6 is 11.3 Å². The number of thiazole rings is 1. The van der Waals surface area contributed by atoms with Crippen LogP contribution in [0.15, 0.2) is 29.8 Å². The highest BCUT2D eigenvalue weighted by Crippen LogP contribution is 2.29. The maximum atomic E-state index is 13.5. The Morgan fingerprint density at radius 3 is 2.40 bits per heavy atom. The molecule has 2 heterocycles. The third-order valence-electron chi connectivity index (χ3n) is 6.38. The number of hydrogen-bond donors (Lipinski definition) is 3. The van der Waals surface area contributed by atoms with Crippen molar-refractivity contribution < 1.29 is 19.5 Å². The van der Waals surface area contributed by atoms with Gasteiger partial charge in [-0.1, -0.05) is 52.0 Å². The van der Waals surface area contributed by atoms with Crippen LogP contribution in [0.3, 0.4) is 0 Å². The molecule has 0 aliphatic carbocycles. The highest BCUT2D eigenvalue weighted by molar-refractivity contribution is 7.13. The first-order valence-electron chi connectivity index (χ1n) is 12.0. The summed E-state index contributed by atoms with van der Waals surface area (Å²) in [6.45, 7) is 11.3. The Kier molecular flexibility index (Phi) is 8.33. The van der Waals surface area contributed by atoms with Crippen LogP contribution in [-0.2, 0) is 14.4 Å². The van der Waals surface area contributed by atoms with Gasteiger partial charge >= 0.3 is 0 Å². The first-order chi connectivity index (χ1) is 16.4. The molecule has 0 radical (unpaired) electrons. The van der Waals surface area contributed by atoms with Gasteiger partial charge in [-0.3, -0.25) is 14.4 Å². The summed E-state index contributed by atoms with van der Waals surface area (Å²) in [6.07, 6.45) is -0.382. The van der Waals surface area contributed by atoms with Crippen molar-refractivity contribution in [1.82, 2.24) is 20.5 Å². The molecule has 1 saturated heterocycles. The average molecular weight is 501 g/mol. The van der Waals surface area contributed by atoms with E-state index in [1.54, 1.807) is 18.3 Å². The topological polar surface area (TPSA) is 112 Å². The molecule has 9 heteroatoms. The monoisotopic (exact) mass is 500 g/mol. The van der Waals surface area contributed by atoms with Crippen molar-refractivity contribution in [3.05, 3.63) is 41.0 Å². The summed E-state index contributed by atoms with van der Waals surface area (Å²) >= 11 is 1.59. The number of nitrogens with one attached hydrogen (secondary N) is 2. The molecule has 3 rings (SSSR count). The highest BCUT2D eigenvalue weighted by Gasteiger charge is 2.44. The fourth-order valence-corrected chi connectivity index (χ4v) is 5.09. The van der Waals surface area contributed by atoms with E-state index < -0.39 is 23.6 Å². The van der Waals surface area contributed by atoms with Crippen molar-refractivity contribution in [1.29, 1.82) is 0 Å². The van der Waals surface area contributed by atoms with E-state index in [0.29, 0.717) is 0 Å². The number of rotatable bonds is 7. The molecule has 1 fully saturated rings. The maximum Gasteiger partial charge on any atom is 0.246 e. The van der Waals surface area contributed by atoms with Crippen LogP contribution in [0.2, 0.25) is 0 Å². The van der Waals surface area contributed by atoms with E-state index in [2.05, 4.69) is 15.6 Å². The van der Waals surface area contributed by atoms with Crippen LogP contribution in [0.1, 0.15) is 64.8 Å². The van der Waals surface area contributed by atoms with Crippen LogP contribution in [0.5, 0.6) is 0 Å². The Bertz CT molecular complexity index is 1060. The lowest BCUT2D eigenvalue weighted by Crippen LogP contribution is -2.57. The fourth-order valence-electron chi connectivity index (χ4n) is 4.28. The number of carbonyl (C=O) groups is 3. The summed E-state index contributed by atoms with van der Waals surface area (Å²) in [5.74, 6) is -0.906. The van der Waals surface area contributed by atoms with Crippen molar-refractivity contribution >= 4 is 29.1 Å². The molecule has 3 amide bonds. The molecule has 2 aromatic rings. The number of aliphatic hydroxyl groups is 1. The van der Waals surface area contributed by atoms with Gasteiger partial charge in [0.05, 0.1) is 28.2 Å². The van der Waals surface area contributed by atoms with Gasteiger partial charge in [-0.2, -0.15) is 0 Å². The number of amides is 3.